The van der Waals surface area contributed by atoms with Crippen molar-refractivity contribution in [3.05, 3.63) is 33.1 Å². The van der Waals surface area contributed by atoms with Gasteiger partial charge in [0, 0.05) is 12.3 Å². The van der Waals surface area contributed by atoms with E-state index in [1.165, 1.54) is 6.20 Å². The molecular formula is C9H11N2O7PS. The number of aromatic amines is 1. The Kier molecular flexibility index (Phi) is 3.39. The molecule has 1 aromatic heterocycles. The smallest absolute Gasteiger partial charge is 0.387 e. The monoisotopic (exact) mass is 322 g/mol. The number of nitrogens with one attached hydrogen (secondary N) is 1. The molecule has 0 aliphatic carbocycles. The molecule has 110 valence electrons. The summed E-state index contributed by atoms with van der Waals surface area (Å²) in [6.45, 7) is -4.22. The molecule has 3 N–H and O–H groups in total. The van der Waals surface area contributed by atoms with Crippen molar-refractivity contribution < 1.29 is 23.8 Å². The normalized spacial score (nSPS) is 39.9. The van der Waals surface area contributed by atoms with Crippen molar-refractivity contribution in [3.8, 4) is 0 Å². The van der Waals surface area contributed by atoms with Gasteiger partial charge in [0.15, 0.2) is 6.23 Å². The molecular weight excluding hydrogens is 311 g/mol. The van der Waals surface area contributed by atoms with Gasteiger partial charge in [0.25, 0.3) is 5.56 Å². The highest BCUT2D eigenvalue weighted by Gasteiger charge is 2.57. The molecule has 2 aliphatic rings. The maximum absolute atomic E-state index is 11.8. The van der Waals surface area contributed by atoms with Gasteiger partial charge in [0.05, 0.1) is 11.9 Å². The predicted molar refractivity (Wildman–Crippen MR) is 68.4 cm³/mol. The van der Waals surface area contributed by atoms with Gasteiger partial charge in [-0.15, -0.1) is 0 Å². The van der Waals surface area contributed by atoms with Crippen LogP contribution in [-0.4, -0.2) is 43.6 Å². The Morgan fingerprint density at radius 1 is 1.50 bits per heavy atom. The van der Waals surface area contributed by atoms with Gasteiger partial charge in [-0.3, -0.25) is 18.9 Å². The predicted octanol–water partition coefficient (Wildman–Crippen LogP) is -0.973. The molecule has 0 saturated carbocycles. The van der Waals surface area contributed by atoms with Crippen molar-refractivity contribution in [1.29, 1.82) is 0 Å². The van der Waals surface area contributed by atoms with E-state index in [0.717, 1.165) is 10.6 Å². The molecule has 0 aromatic carbocycles. The van der Waals surface area contributed by atoms with Crippen molar-refractivity contribution >= 4 is 18.2 Å². The summed E-state index contributed by atoms with van der Waals surface area (Å²) in [5.41, 5.74) is -1.25. The minimum absolute atomic E-state index is 0.406. The summed E-state index contributed by atoms with van der Waals surface area (Å²) < 4.78 is 23.2. The lowest BCUT2D eigenvalue weighted by molar-refractivity contribution is -0.0429. The molecule has 0 radical (unpaired) electrons. The molecule has 0 bridgehead atoms. The van der Waals surface area contributed by atoms with Crippen LogP contribution in [0, 0.1) is 0 Å². The first kappa shape index (κ1) is 14.1. The first-order chi connectivity index (χ1) is 9.41. The summed E-state index contributed by atoms with van der Waals surface area (Å²) in [7, 11) is 0. The van der Waals surface area contributed by atoms with Gasteiger partial charge in [0.2, 0.25) is 0 Å². The van der Waals surface area contributed by atoms with E-state index in [1.54, 1.807) is 0 Å². The topological polar surface area (TPSA) is 131 Å². The van der Waals surface area contributed by atoms with E-state index in [1.807, 2.05) is 0 Å². The number of aromatic nitrogens is 2. The van der Waals surface area contributed by atoms with Crippen LogP contribution >= 0.6 is 18.2 Å². The van der Waals surface area contributed by atoms with Crippen molar-refractivity contribution in [1.82, 2.24) is 9.55 Å². The Morgan fingerprint density at radius 2 is 2.25 bits per heavy atom. The number of aliphatic hydroxyl groups is 1. The zero-order valence-electron chi connectivity index (χ0n) is 9.91. The van der Waals surface area contributed by atoms with Gasteiger partial charge in [0.1, 0.15) is 12.2 Å². The zero-order chi connectivity index (χ0) is 14.5. The van der Waals surface area contributed by atoms with E-state index >= 15 is 0 Å². The number of rotatable bonds is 2. The van der Waals surface area contributed by atoms with Crippen LogP contribution < -0.4 is 11.2 Å². The zero-order valence-corrected chi connectivity index (χ0v) is 11.6. The Bertz CT molecular complexity index is 687. The Morgan fingerprint density at radius 3 is 2.90 bits per heavy atom. The van der Waals surface area contributed by atoms with Gasteiger partial charge in [-0.05, 0) is 11.4 Å². The molecule has 5 atom stereocenters. The second-order valence-electron chi connectivity index (χ2n) is 4.37. The van der Waals surface area contributed by atoms with Crippen LogP contribution in [0.25, 0.3) is 0 Å². The average Bonchev–Trinajstić information content (AvgIpc) is 2.83. The molecule has 0 spiro atoms. The van der Waals surface area contributed by atoms with Crippen molar-refractivity contribution in [2.24, 2.45) is 0 Å². The molecule has 9 nitrogen and oxygen atoms in total. The molecule has 1 aromatic rings. The fourth-order valence-electron chi connectivity index (χ4n) is 2.28. The van der Waals surface area contributed by atoms with Gasteiger partial charge >= 0.3 is 12.5 Å². The van der Waals surface area contributed by atoms with Crippen molar-refractivity contribution in [2.75, 3.05) is 6.61 Å². The fourth-order valence-corrected chi connectivity index (χ4v) is 5.99. The molecule has 2 saturated heterocycles. The molecule has 1 unspecified atom stereocenters. The Labute approximate surface area is 115 Å². The summed E-state index contributed by atoms with van der Waals surface area (Å²) in [6, 6.07) is 1.14. The molecule has 2 aliphatic heterocycles. The van der Waals surface area contributed by atoms with Crippen LogP contribution in [-0.2, 0) is 13.8 Å². The molecule has 3 rings (SSSR count). The van der Waals surface area contributed by atoms with Crippen LogP contribution in [0.1, 0.15) is 6.23 Å². The second-order valence-corrected chi connectivity index (χ2v) is 8.29. The maximum atomic E-state index is 11.8. The standard InChI is InChI=1S/C9H11N2O7PS/c12-3-4-6-7(20-19(15,16)18-6)8(17-4)11-2-1-5(13)10-9(11)14/h1-2,4,6-8,12H,3H2,(H,15,16)(H,10,13,14)/t4-,6-,7-,8-/m1/s1. The van der Waals surface area contributed by atoms with E-state index in [-0.39, 0.29) is 0 Å². The van der Waals surface area contributed by atoms with Gasteiger partial charge in [-0.2, -0.15) is 0 Å². The molecule has 0 amide bonds. The van der Waals surface area contributed by atoms with E-state index < -0.39 is 48.3 Å². The van der Waals surface area contributed by atoms with Crippen LogP contribution in [0.4, 0.5) is 0 Å². The number of hydrogen-bond acceptors (Lipinski definition) is 7. The highest BCUT2D eigenvalue weighted by Crippen LogP contribution is 2.69. The number of nitrogens with zero attached hydrogens (tertiary/aromatic N) is 1. The first-order valence-corrected chi connectivity index (χ1v) is 8.75. The number of fused-ring (bicyclic) bond motifs is 1. The summed E-state index contributed by atoms with van der Waals surface area (Å²) in [5, 5.41) is 8.61. The van der Waals surface area contributed by atoms with Gasteiger partial charge in [-0.1, -0.05) is 0 Å². The van der Waals surface area contributed by atoms with Gasteiger partial charge in [-0.25, -0.2) is 9.36 Å². The van der Waals surface area contributed by atoms with Crippen LogP contribution in [0.15, 0.2) is 21.9 Å². The number of H-pyrrole nitrogens is 1. The highest BCUT2D eigenvalue weighted by atomic mass is 32.7. The third-order valence-corrected chi connectivity index (χ3v) is 6.41. The van der Waals surface area contributed by atoms with Crippen molar-refractivity contribution in [2.45, 2.75) is 23.7 Å². The van der Waals surface area contributed by atoms with E-state index in [9.17, 15) is 24.2 Å². The number of ether oxygens (including phenoxy) is 1. The quantitative estimate of drug-likeness (QED) is 0.593. The lowest BCUT2D eigenvalue weighted by atomic mass is 10.2. The second kappa shape index (κ2) is 4.83. The summed E-state index contributed by atoms with van der Waals surface area (Å²) in [5.74, 6) is 0. The molecule has 2 fully saturated rings. The summed E-state index contributed by atoms with van der Waals surface area (Å²) in [4.78, 5) is 34.4. The average molecular weight is 322 g/mol. The Balaban J connectivity index is 2.00. The number of hydrogen-bond donors (Lipinski definition) is 3. The Hall–Kier alpha value is -0.900. The summed E-state index contributed by atoms with van der Waals surface area (Å²) in [6.07, 6.45) is -1.25. The third-order valence-electron chi connectivity index (χ3n) is 3.10. The molecule has 3 heterocycles. The maximum Gasteiger partial charge on any atom is 0.387 e. The highest BCUT2D eigenvalue weighted by molar-refractivity contribution is 8.55. The largest absolute Gasteiger partial charge is 0.394 e. The van der Waals surface area contributed by atoms with Crippen LogP contribution in [0.2, 0.25) is 0 Å². The molecule has 20 heavy (non-hydrogen) atoms. The summed E-state index contributed by atoms with van der Waals surface area (Å²) >= 11 is 0.674. The lowest BCUT2D eigenvalue weighted by Crippen LogP contribution is -2.35. The van der Waals surface area contributed by atoms with E-state index in [0.29, 0.717) is 11.4 Å². The minimum atomic E-state index is -3.82. The number of aliphatic hydroxyl groups excluding tert-OH is 1. The van der Waals surface area contributed by atoms with Crippen LogP contribution in [0.5, 0.6) is 0 Å². The SMILES string of the molecule is O=c1ccn([C@@H]2O[C@H](CO)[C@H]3OP(=O)(O)S[C@H]32)c(=O)[nH]1. The molecule has 11 heteroatoms. The fraction of sp³-hybridized carbons (Fsp3) is 0.556. The van der Waals surface area contributed by atoms with Crippen molar-refractivity contribution in [3.63, 3.8) is 0 Å². The lowest BCUT2D eigenvalue weighted by Gasteiger charge is -2.18. The first-order valence-electron chi connectivity index (χ1n) is 5.69. The van der Waals surface area contributed by atoms with E-state index in [4.69, 9.17) is 9.26 Å². The van der Waals surface area contributed by atoms with E-state index in [2.05, 4.69) is 4.98 Å². The third kappa shape index (κ3) is 2.28. The van der Waals surface area contributed by atoms with Gasteiger partial charge < -0.3 is 14.7 Å². The minimum Gasteiger partial charge on any atom is -0.394 e. The van der Waals surface area contributed by atoms with Crippen LogP contribution in [0.3, 0.4) is 0 Å².